The van der Waals surface area contributed by atoms with Gasteiger partial charge in [0.15, 0.2) is 0 Å². The molecule has 1 fully saturated rings. The lowest BCUT2D eigenvalue weighted by Crippen LogP contribution is -2.45. The molecule has 0 aromatic heterocycles. The number of hydrogen-bond acceptors (Lipinski definition) is 3. The van der Waals surface area contributed by atoms with Gasteiger partial charge in [0.1, 0.15) is 0 Å². The molecule has 0 aliphatic carbocycles. The zero-order valence-corrected chi connectivity index (χ0v) is 11.5. The number of likely N-dealkylation sites (tertiary alicyclic amines) is 1. The van der Waals surface area contributed by atoms with Crippen molar-refractivity contribution in [1.29, 1.82) is 0 Å². The van der Waals surface area contributed by atoms with Crippen molar-refractivity contribution in [2.45, 2.75) is 32.2 Å². The summed E-state index contributed by atoms with van der Waals surface area (Å²) in [6.45, 7) is 4.33. The van der Waals surface area contributed by atoms with Crippen LogP contribution in [0.3, 0.4) is 0 Å². The standard InChI is InChI=1S/C13H26N2O2/c1-10(9-12(16)17)13(14(2)3)11-5-7-15(4)8-6-11/h10-11,13H,5-9H2,1-4H3,(H,16,17). The Morgan fingerprint density at radius 3 is 2.35 bits per heavy atom. The minimum absolute atomic E-state index is 0.218. The second-order valence-electron chi connectivity index (χ2n) is 5.67. The highest BCUT2D eigenvalue weighted by atomic mass is 16.4. The summed E-state index contributed by atoms with van der Waals surface area (Å²) in [5, 5.41) is 8.93. The lowest BCUT2D eigenvalue weighted by atomic mass is 9.81. The van der Waals surface area contributed by atoms with E-state index in [0.29, 0.717) is 12.0 Å². The van der Waals surface area contributed by atoms with Crippen LogP contribution in [0.25, 0.3) is 0 Å². The fourth-order valence-electron chi connectivity index (χ4n) is 3.16. The molecule has 1 saturated heterocycles. The van der Waals surface area contributed by atoms with Crippen molar-refractivity contribution in [3.05, 3.63) is 0 Å². The van der Waals surface area contributed by atoms with Crippen molar-refractivity contribution in [2.75, 3.05) is 34.2 Å². The Morgan fingerprint density at radius 1 is 1.41 bits per heavy atom. The van der Waals surface area contributed by atoms with Gasteiger partial charge in [0, 0.05) is 12.5 Å². The van der Waals surface area contributed by atoms with Crippen LogP contribution in [-0.4, -0.2) is 61.2 Å². The summed E-state index contributed by atoms with van der Waals surface area (Å²) in [6, 6.07) is 0.389. The molecule has 17 heavy (non-hydrogen) atoms. The van der Waals surface area contributed by atoms with E-state index in [9.17, 15) is 4.79 Å². The summed E-state index contributed by atoms with van der Waals surface area (Å²) in [7, 11) is 6.30. The highest BCUT2D eigenvalue weighted by Crippen LogP contribution is 2.28. The smallest absolute Gasteiger partial charge is 0.303 e. The maximum absolute atomic E-state index is 10.8. The second kappa shape index (κ2) is 6.36. The van der Waals surface area contributed by atoms with Crippen molar-refractivity contribution < 1.29 is 9.90 Å². The van der Waals surface area contributed by atoms with E-state index in [2.05, 4.69) is 37.9 Å². The van der Waals surface area contributed by atoms with Crippen molar-refractivity contribution in [3.8, 4) is 0 Å². The first-order valence-corrected chi connectivity index (χ1v) is 6.48. The van der Waals surface area contributed by atoms with Crippen LogP contribution in [0.2, 0.25) is 0 Å². The molecule has 1 N–H and O–H groups in total. The minimum Gasteiger partial charge on any atom is -0.481 e. The molecule has 100 valence electrons. The zero-order chi connectivity index (χ0) is 13.0. The highest BCUT2D eigenvalue weighted by molar-refractivity contribution is 5.67. The number of nitrogens with zero attached hydrogens (tertiary/aromatic N) is 2. The van der Waals surface area contributed by atoms with E-state index in [1.165, 1.54) is 12.8 Å². The monoisotopic (exact) mass is 242 g/mol. The molecule has 0 amide bonds. The maximum atomic E-state index is 10.8. The molecule has 2 unspecified atom stereocenters. The Bertz CT molecular complexity index is 248. The summed E-state index contributed by atoms with van der Waals surface area (Å²) in [5.41, 5.74) is 0. The molecule has 1 aliphatic rings. The Hall–Kier alpha value is -0.610. The average Bonchev–Trinajstić information content (AvgIpc) is 2.19. The van der Waals surface area contributed by atoms with Crippen LogP contribution in [0.5, 0.6) is 0 Å². The highest BCUT2D eigenvalue weighted by Gasteiger charge is 2.31. The van der Waals surface area contributed by atoms with E-state index >= 15 is 0 Å². The Morgan fingerprint density at radius 2 is 1.94 bits per heavy atom. The molecule has 2 atom stereocenters. The molecule has 0 aromatic carbocycles. The van der Waals surface area contributed by atoms with Gasteiger partial charge in [-0.1, -0.05) is 6.92 Å². The average molecular weight is 242 g/mol. The molecular weight excluding hydrogens is 216 g/mol. The number of piperidine rings is 1. The van der Waals surface area contributed by atoms with Gasteiger partial charge < -0.3 is 14.9 Å². The third kappa shape index (κ3) is 4.28. The van der Waals surface area contributed by atoms with E-state index in [4.69, 9.17) is 5.11 Å². The molecule has 0 aromatic rings. The third-order valence-corrected chi connectivity index (χ3v) is 3.92. The zero-order valence-electron chi connectivity index (χ0n) is 11.5. The summed E-state index contributed by atoms with van der Waals surface area (Å²) in [4.78, 5) is 15.4. The molecule has 0 spiro atoms. The van der Waals surface area contributed by atoms with Crippen molar-refractivity contribution >= 4 is 5.97 Å². The van der Waals surface area contributed by atoms with Gasteiger partial charge >= 0.3 is 5.97 Å². The molecule has 0 saturated carbocycles. The second-order valence-corrected chi connectivity index (χ2v) is 5.67. The van der Waals surface area contributed by atoms with Gasteiger partial charge in [-0.2, -0.15) is 0 Å². The fourth-order valence-corrected chi connectivity index (χ4v) is 3.16. The molecular formula is C13H26N2O2. The predicted octanol–water partition coefficient (Wildman–Crippen LogP) is 1.37. The van der Waals surface area contributed by atoms with Crippen LogP contribution >= 0.6 is 0 Å². The molecule has 1 rings (SSSR count). The Labute approximate surface area is 105 Å². The lowest BCUT2D eigenvalue weighted by Gasteiger charge is -2.40. The van der Waals surface area contributed by atoms with Gasteiger partial charge in [-0.25, -0.2) is 0 Å². The summed E-state index contributed by atoms with van der Waals surface area (Å²) >= 11 is 0. The van der Waals surface area contributed by atoms with Crippen LogP contribution in [0.1, 0.15) is 26.2 Å². The van der Waals surface area contributed by atoms with E-state index in [1.54, 1.807) is 0 Å². The van der Waals surface area contributed by atoms with Crippen molar-refractivity contribution in [3.63, 3.8) is 0 Å². The number of rotatable bonds is 5. The minimum atomic E-state index is -0.683. The molecule has 4 nitrogen and oxygen atoms in total. The SMILES string of the molecule is CC(CC(=O)O)C(C1CCN(C)CC1)N(C)C. The first-order chi connectivity index (χ1) is 7.91. The van der Waals surface area contributed by atoms with E-state index in [0.717, 1.165) is 13.1 Å². The van der Waals surface area contributed by atoms with E-state index < -0.39 is 5.97 Å². The number of carboxylic acids is 1. The maximum Gasteiger partial charge on any atom is 0.303 e. The van der Waals surface area contributed by atoms with Crippen LogP contribution in [-0.2, 0) is 4.79 Å². The number of aliphatic carboxylic acids is 1. The Kier molecular flexibility index (Phi) is 5.40. The van der Waals surface area contributed by atoms with Gasteiger partial charge in [-0.3, -0.25) is 4.79 Å². The topological polar surface area (TPSA) is 43.8 Å². The number of carbonyl (C=O) groups is 1. The predicted molar refractivity (Wildman–Crippen MR) is 69.1 cm³/mol. The molecule has 4 heteroatoms. The first-order valence-electron chi connectivity index (χ1n) is 6.48. The number of carboxylic acid groups (broad SMARTS) is 1. The van der Waals surface area contributed by atoms with E-state index in [1.807, 2.05) is 0 Å². The van der Waals surface area contributed by atoms with Gasteiger partial charge in [0.2, 0.25) is 0 Å². The van der Waals surface area contributed by atoms with Gasteiger partial charge in [-0.05, 0) is 58.9 Å². The summed E-state index contributed by atoms with van der Waals surface area (Å²) < 4.78 is 0. The Balaban J connectivity index is 2.61. The van der Waals surface area contributed by atoms with E-state index in [-0.39, 0.29) is 12.3 Å². The first kappa shape index (κ1) is 14.5. The van der Waals surface area contributed by atoms with Crippen LogP contribution in [0, 0.1) is 11.8 Å². The van der Waals surface area contributed by atoms with Gasteiger partial charge in [-0.15, -0.1) is 0 Å². The normalized spacial score (nSPS) is 22.6. The van der Waals surface area contributed by atoms with Crippen LogP contribution < -0.4 is 0 Å². The third-order valence-electron chi connectivity index (χ3n) is 3.92. The molecule has 0 radical (unpaired) electrons. The number of hydrogen-bond donors (Lipinski definition) is 1. The van der Waals surface area contributed by atoms with Crippen molar-refractivity contribution in [1.82, 2.24) is 9.80 Å². The summed E-state index contributed by atoms with van der Waals surface area (Å²) in [5.74, 6) is 0.170. The van der Waals surface area contributed by atoms with Gasteiger partial charge in [0.25, 0.3) is 0 Å². The lowest BCUT2D eigenvalue weighted by molar-refractivity contribution is -0.138. The van der Waals surface area contributed by atoms with Crippen molar-refractivity contribution in [2.24, 2.45) is 11.8 Å². The quantitative estimate of drug-likeness (QED) is 0.791. The molecule has 1 heterocycles. The van der Waals surface area contributed by atoms with Crippen LogP contribution in [0.15, 0.2) is 0 Å². The molecule has 0 bridgehead atoms. The largest absolute Gasteiger partial charge is 0.481 e. The molecule has 1 aliphatic heterocycles. The summed E-state index contributed by atoms with van der Waals surface area (Å²) in [6.07, 6.45) is 2.64. The van der Waals surface area contributed by atoms with Crippen LogP contribution in [0.4, 0.5) is 0 Å². The van der Waals surface area contributed by atoms with Gasteiger partial charge in [0.05, 0.1) is 0 Å². The fraction of sp³-hybridized carbons (Fsp3) is 0.923.